The molecular formula is C19H27N3O4S2. The molecule has 1 aliphatic rings. The molecule has 0 unspecified atom stereocenters. The molecule has 1 aromatic carbocycles. The summed E-state index contributed by atoms with van der Waals surface area (Å²) in [5.41, 5.74) is 3.42. The predicted octanol–water partition coefficient (Wildman–Crippen LogP) is 2.06. The quantitative estimate of drug-likeness (QED) is 0.734. The molecule has 1 amide bonds. The molecular weight excluding hydrogens is 398 g/mol. The van der Waals surface area contributed by atoms with E-state index >= 15 is 0 Å². The maximum Gasteiger partial charge on any atom is 0.252 e. The number of hydrogen-bond acceptors (Lipinski definition) is 5. The van der Waals surface area contributed by atoms with E-state index in [4.69, 9.17) is 4.74 Å². The molecule has 1 aliphatic heterocycles. The Morgan fingerprint density at radius 3 is 2.71 bits per heavy atom. The second kappa shape index (κ2) is 8.44. The van der Waals surface area contributed by atoms with Gasteiger partial charge in [-0.2, -0.15) is 4.99 Å². The van der Waals surface area contributed by atoms with Crippen LogP contribution in [-0.2, 0) is 26.1 Å². The van der Waals surface area contributed by atoms with Gasteiger partial charge in [-0.1, -0.05) is 11.3 Å². The molecule has 0 saturated carbocycles. The molecule has 1 fully saturated rings. The molecule has 7 nitrogen and oxygen atoms in total. The van der Waals surface area contributed by atoms with Crippen LogP contribution in [0.1, 0.15) is 24.0 Å². The van der Waals surface area contributed by atoms with Crippen molar-refractivity contribution in [3.8, 4) is 0 Å². The lowest BCUT2D eigenvalue weighted by molar-refractivity contribution is -0.122. The molecule has 3 rings (SSSR count). The number of piperidine rings is 1. The van der Waals surface area contributed by atoms with E-state index in [-0.39, 0.29) is 12.5 Å². The Kier molecular flexibility index (Phi) is 6.38. The minimum atomic E-state index is -3.30. The zero-order chi connectivity index (χ0) is 20.5. The lowest BCUT2D eigenvalue weighted by Crippen LogP contribution is -2.41. The number of sulfonamides is 1. The van der Waals surface area contributed by atoms with Crippen LogP contribution in [0, 0.1) is 19.8 Å². The van der Waals surface area contributed by atoms with Gasteiger partial charge in [0.2, 0.25) is 10.0 Å². The van der Waals surface area contributed by atoms with Crippen LogP contribution in [-0.4, -0.2) is 56.3 Å². The number of benzene rings is 1. The lowest BCUT2D eigenvalue weighted by Gasteiger charge is -2.28. The van der Waals surface area contributed by atoms with Crippen molar-refractivity contribution in [1.29, 1.82) is 0 Å². The van der Waals surface area contributed by atoms with E-state index in [9.17, 15) is 13.2 Å². The first kappa shape index (κ1) is 21.2. The maximum atomic E-state index is 12.9. The fourth-order valence-corrected chi connectivity index (χ4v) is 5.49. The number of carbonyl (C=O) groups excluding carboxylic acids is 1. The fourth-order valence-electron chi connectivity index (χ4n) is 3.44. The number of aryl methyl sites for hydroxylation is 2. The third-order valence-corrected chi connectivity index (χ3v) is 7.54. The van der Waals surface area contributed by atoms with Crippen molar-refractivity contribution in [2.45, 2.75) is 33.2 Å². The summed E-state index contributed by atoms with van der Waals surface area (Å²) in [6, 6.07) is 4.24. The third kappa shape index (κ3) is 4.53. The summed E-state index contributed by atoms with van der Waals surface area (Å²) in [6.45, 7) is 5.94. The molecule has 0 radical (unpaired) electrons. The number of carbonyl (C=O) groups is 1. The average molecular weight is 426 g/mol. The second-order valence-electron chi connectivity index (χ2n) is 7.34. The number of ether oxygens (including phenoxy) is 1. The van der Waals surface area contributed by atoms with E-state index in [1.54, 1.807) is 7.11 Å². The summed E-state index contributed by atoms with van der Waals surface area (Å²) in [5, 5.41) is 0. The van der Waals surface area contributed by atoms with Crippen molar-refractivity contribution in [2.24, 2.45) is 10.9 Å². The molecule has 9 heteroatoms. The van der Waals surface area contributed by atoms with Crippen LogP contribution >= 0.6 is 11.3 Å². The summed E-state index contributed by atoms with van der Waals surface area (Å²) in [6.07, 6.45) is 2.52. The molecule has 1 atom stereocenters. The standard InChI is InChI=1S/C19H27N3O4S2/c1-13-10-16-17(11-14(13)2)27-19(22(16)8-9-26-3)20-18(23)15-6-5-7-21(12-15)28(4,24)25/h10-11,15H,5-9,12H2,1-4H3/t15-/m0/s1. The zero-order valence-corrected chi connectivity index (χ0v) is 18.4. The Hall–Kier alpha value is -1.55. The first-order valence-corrected chi connectivity index (χ1v) is 12.0. The van der Waals surface area contributed by atoms with Gasteiger partial charge in [0.25, 0.3) is 5.91 Å². The Morgan fingerprint density at radius 1 is 1.32 bits per heavy atom. The highest BCUT2D eigenvalue weighted by Crippen LogP contribution is 2.23. The van der Waals surface area contributed by atoms with Crippen LogP contribution in [0.15, 0.2) is 17.1 Å². The van der Waals surface area contributed by atoms with Crippen molar-refractivity contribution >= 4 is 37.5 Å². The third-order valence-electron chi connectivity index (χ3n) is 5.23. The summed E-state index contributed by atoms with van der Waals surface area (Å²) < 4.78 is 33.4. The predicted molar refractivity (Wildman–Crippen MR) is 111 cm³/mol. The van der Waals surface area contributed by atoms with E-state index < -0.39 is 15.9 Å². The first-order valence-electron chi connectivity index (χ1n) is 9.34. The van der Waals surface area contributed by atoms with Gasteiger partial charge in [0.15, 0.2) is 4.80 Å². The maximum absolute atomic E-state index is 12.9. The number of hydrogen-bond donors (Lipinski definition) is 0. The van der Waals surface area contributed by atoms with Crippen LogP contribution in [0.4, 0.5) is 0 Å². The lowest BCUT2D eigenvalue weighted by atomic mass is 9.99. The van der Waals surface area contributed by atoms with E-state index in [1.807, 2.05) is 4.57 Å². The summed E-state index contributed by atoms with van der Waals surface area (Å²) >= 11 is 1.48. The fraction of sp³-hybridized carbons (Fsp3) is 0.579. The molecule has 2 heterocycles. The molecule has 1 aromatic heterocycles. The number of rotatable bonds is 5. The number of nitrogens with zero attached hydrogens (tertiary/aromatic N) is 3. The largest absolute Gasteiger partial charge is 0.383 e. The van der Waals surface area contributed by atoms with Gasteiger partial charge in [0.1, 0.15) is 0 Å². The number of aromatic nitrogens is 1. The summed E-state index contributed by atoms with van der Waals surface area (Å²) in [7, 11) is -1.65. The molecule has 1 saturated heterocycles. The molecule has 154 valence electrons. The number of methoxy groups -OCH3 is 1. The minimum absolute atomic E-state index is 0.211. The van der Waals surface area contributed by atoms with Gasteiger partial charge < -0.3 is 9.30 Å². The average Bonchev–Trinajstić information content (AvgIpc) is 2.95. The van der Waals surface area contributed by atoms with Crippen molar-refractivity contribution < 1.29 is 17.9 Å². The molecule has 0 bridgehead atoms. The highest BCUT2D eigenvalue weighted by Gasteiger charge is 2.30. The van der Waals surface area contributed by atoms with Gasteiger partial charge in [-0.3, -0.25) is 4.79 Å². The van der Waals surface area contributed by atoms with E-state index in [0.717, 1.165) is 10.2 Å². The van der Waals surface area contributed by atoms with Crippen LogP contribution in [0.25, 0.3) is 10.2 Å². The van der Waals surface area contributed by atoms with Crippen molar-refractivity contribution in [1.82, 2.24) is 8.87 Å². The Labute approximate surface area is 169 Å². The number of amides is 1. The van der Waals surface area contributed by atoms with Gasteiger partial charge in [0, 0.05) is 26.7 Å². The van der Waals surface area contributed by atoms with Gasteiger partial charge in [0.05, 0.1) is 29.0 Å². The summed E-state index contributed by atoms with van der Waals surface area (Å²) in [5.74, 6) is -0.646. The highest BCUT2D eigenvalue weighted by molar-refractivity contribution is 7.88. The number of thiazole rings is 1. The van der Waals surface area contributed by atoms with Crippen LogP contribution in [0.5, 0.6) is 0 Å². The van der Waals surface area contributed by atoms with Crippen molar-refractivity contribution in [2.75, 3.05) is 33.1 Å². The Bertz CT molecular complexity index is 1050. The molecule has 0 spiro atoms. The van der Waals surface area contributed by atoms with Crippen LogP contribution < -0.4 is 4.80 Å². The minimum Gasteiger partial charge on any atom is -0.383 e. The van der Waals surface area contributed by atoms with E-state index in [0.29, 0.717) is 37.3 Å². The monoisotopic (exact) mass is 425 g/mol. The Morgan fingerprint density at radius 2 is 2.04 bits per heavy atom. The topological polar surface area (TPSA) is 81.0 Å². The molecule has 0 N–H and O–H groups in total. The Balaban J connectivity index is 1.99. The van der Waals surface area contributed by atoms with Crippen LogP contribution in [0.3, 0.4) is 0 Å². The van der Waals surface area contributed by atoms with E-state index in [2.05, 4.69) is 31.0 Å². The normalized spacial score (nSPS) is 19.4. The molecule has 2 aromatic rings. The van der Waals surface area contributed by atoms with Crippen molar-refractivity contribution in [3.05, 3.63) is 28.1 Å². The van der Waals surface area contributed by atoms with Crippen molar-refractivity contribution in [3.63, 3.8) is 0 Å². The SMILES string of the molecule is COCCn1c(=NC(=O)[C@H]2CCCN(S(C)(=O)=O)C2)sc2cc(C)c(C)cc21. The smallest absolute Gasteiger partial charge is 0.252 e. The van der Waals surface area contributed by atoms with Crippen LogP contribution in [0.2, 0.25) is 0 Å². The zero-order valence-electron chi connectivity index (χ0n) is 16.8. The second-order valence-corrected chi connectivity index (χ2v) is 10.3. The van der Waals surface area contributed by atoms with Gasteiger partial charge in [-0.15, -0.1) is 0 Å². The molecule has 0 aliphatic carbocycles. The summed E-state index contributed by atoms with van der Waals surface area (Å²) in [4.78, 5) is 17.9. The van der Waals surface area contributed by atoms with Gasteiger partial charge in [-0.05, 0) is 49.9 Å². The highest BCUT2D eigenvalue weighted by atomic mass is 32.2. The number of fused-ring (bicyclic) bond motifs is 1. The van der Waals surface area contributed by atoms with E-state index in [1.165, 1.54) is 33.0 Å². The van der Waals surface area contributed by atoms with Gasteiger partial charge in [-0.25, -0.2) is 12.7 Å². The van der Waals surface area contributed by atoms with Gasteiger partial charge >= 0.3 is 0 Å². The molecule has 28 heavy (non-hydrogen) atoms. The first-order chi connectivity index (χ1) is 13.2.